The minimum atomic E-state index is -1.01. The van der Waals surface area contributed by atoms with E-state index in [-0.39, 0.29) is 5.56 Å². The average Bonchev–Trinajstić information content (AvgIpc) is 2.61. The van der Waals surface area contributed by atoms with Crippen LogP contribution >= 0.6 is 0 Å². The number of aromatic nitrogens is 4. The van der Waals surface area contributed by atoms with Crippen LogP contribution in [-0.2, 0) is 7.05 Å². The summed E-state index contributed by atoms with van der Waals surface area (Å²) in [6, 6.07) is 0. The van der Waals surface area contributed by atoms with Crippen molar-refractivity contribution >= 4 is 5.97 Å². The lowest BCUT2D eigenvalue weighted by Crippen LogP contribution is -2.02. The third-order valence-electron chi connectivity index (χ3n) is 2.34. The number of nitrogens with zero attached hydrogens (tertiary/aromatic N) is 4. The maximum atomic E-state index is 11.0. The van der Waals surface area contributed by atoms with Gasteiger partial charge in [0, 0.05) is 18.8 Å². The molecule has 0 aliphatic heterocycles. The Bertz CT molecular complexity index is 548. The average molecular weight is 218 g/mol. The van der Waals surface area contributed by atoms with E-state index >= 15 is 0 Å². The monoisotopic (exact) mass is 218 g/mol. The van der Waals surface area contributed by atoms with Gasteiger partial charge in [0.15, 0.2) is 0 Å². The number of carboxylic acids is 1. The Morgan fingerprint density at radius 2 is 2.19 bits per heavy atom. The van der Waals surface area contributed by atoms with E-state index in [2.05, 4.69) is 15.1 Å². The fraction of sp³-hybridized carbons (Fsp3) is 0.200. The van der Waals surface area contributed by atoms with Gasteiger partial charge >= 0.3 is 5.97 Å². The highest BCUT2D eigenvalue weighted by molar-refractivity contribution is 5.94. The zero-order valence-electron chi connectivity index (χ0n) is 8.88. The first-order valence-electron chi connectivity index (χ1n) is 4.63. The van der Waals surface area contributed by atoms with Gasteiger partial charge in [-0.2, -0.15) is 5.10 Å². The van der Waals surface area contributed by atoms with E-state index in [1.165, 1.54) is 17.2 Å². The van der Waals surface area contributed by atoms with Crippen LogP contribution in [0.4, 0.5) is 0 Å². The summed E-state index contributed by atoms with van der Waals surface area (Å²) >= 11 is 0. The molecule has 0 unspecified atom stereocenters. The summed E-state index contributed by atoms with van der Waals surface area (Å²) in [6.45, 7) is 1.80. The molecule has 0 fully saturated rings. The normalized spacial score (nSPS) is 10.4. The molecule has 0 aliphatic carbocycles. The van der Waals surface area contributed by atoms with Crippen LogP contribution in [0.25, 0.3) is 11.3 Å². The topological polar surface area (TPSA) is 80.9 Å². The summed E-state index contributed by atoms with van der Waals surface area (Å²) in [5.74, 6) is -1.01. The molecule has 2 rings (SSSR count). The Morgan fingerprint density at radius 3 is 2.81 bits per heavy atom. The standard InChI is InChI=1S/C10H10N4O2/c1-6-7(3-11-5-12-6)9-8(10(15)16)4-13-14(9)2/h3-5H,1-2H3,(H,15,16). The maximum absolute atomic E-state index is 11.0. The highest BCUT2D eigenvalue weighted by atomic mass is 16.4. The number of rotatable bonds is 2. The number of aryl methyl sites for hydroxylation is 2. The number of aromatic carboxylic acids is 1. The summed E-state index contributed by atoms with van der Waals surface area (Å²) in [5, 5.41) is 13.0. The quantitative estimate of drug-likeness (QED) is 0.809. The van der Waals surface area contributed by atoms with Gasteiger partial charge in [-0.05, 0) is 6.92 Å². The summed E-state index contributed by atoms with van der Waals surface area (Å²) in [6.07, 6.45) is 4.34. The second-order valence-corrected chi connectivity index (χ2v) is 3.36. The van der Waals surface area contributed by atoms with Crippen molar-refractivity contribution in [3.05, 3.63) is 30.0 Å². The van der Waals surface area contributed by atoms with Crippen molar-refractivity contribution in [2.24, 2.45) is 7.05 Å². The van der Waals surface area contributed by atoms with Crippen molar-refractivity contribution < 1.29 is 9.90 Å². The molecular formula is C10H10N4O2. The molecule has 82 valence electrons. The van der Waals surface area contributed by atoms with Crippen LogP contribution in [0.15, 0.2) is 18.7 Å². The lowest BCUT2D eigenvalue weighted by atomic mass is 10.1. The Hall–Kier alpha value is -2.24. The van der Waals surface area contributed by atoms with Crippen molar-refractivity contribution in [3.8, 4) is 11.3 Å². The molecule has 0 spiro atoms. The minimum Gasteiger partial charge on any atom is -0.478 e. The molecule has 2 aromatic heterocycles. The smallest absolute Gasteiger partial charge is 0.339 e. The highest BCUT2D eigenvalue weighted by Gasteiger charge is 2.18. The second-order valence-electron chi connectivity index (χ2n) is 3.36. The van der Waals surface area contributed by atoms with Crippen LogP contribution in [-0.4, -0.2) is 30.8 Å². The Kier molecular flexibility index (Phi) is 2.40. The zero-order valence-corrected chi connectivity index (χ0v) is 8.88. The van der Waals surface area contributed by atoms with Crippen LogP contribution in [0.2, 0.25) is 0 Å². The summed E-state index contributed by atoms with van der Waals surface area (Å²) < 4.78 is 1.51. The van der Waals surface area contributed by atoms with Crippen molar-refractivity contribution in [1.29, 1.82) is 0 Å². The molecule has 1 N–H and O–H groups in total. The fourth-order valence-corrected chi connectivity index (χ4v) is 1.54. The van der Waals surface area contributed by atoms with Crippen LogP contribution in [0, 0.1) is 6.92 Å². The van der Waals surface area contributed by atoms with Gasteiger partial charge in [-0.25, -0.2) is 14.8 Å². The lowest BCUT2D eigenvalue weighted by Gasteiger charge is -2.05. The van der Waals surface area contributed by atoms with Gasteiger partial charge in [-0.1, -0.05) is 0 Å². The van der Waals surface area contributed by atoms with Crippen molar-refractivity contribution in [3.63, 3.8) is 0 Å². The molecular weight excluding hydrogens is 208 g/mol. The molecule has 0 bridgehead atoms. The molecule has 0 saturated carbocycles. The molecule has 6 heteroatoms. The highest BCUT2D eigenvalue weighted by Crippen LogP contribution is 2.24. The first-order valence-corrected chi connectivity index (χ1v) is 4.63. The molecule has 2 heterocycles. The maximum Gasteiger partial charge on any atom is 0.339 e. The van der Waals surface area contributed by atoms with Crippen LogP contribution < -0.4 is 0 Å². The summed E-state index contributed by atoms with van der Waals surface area (Å²) in [5.41, 5.74) is 2.08. The number of hydrogen-bond acceptors (Lipinski definition) is 4. The predicted molar refractivity (Wildman–Crippen MR) is 55.9 cm³/mol. The molecule has 0 aromatic carbocycles. The molecule has 0 aliphatic rings. The van der Waals surface area contributed by atoms with Crippen LogP contribution in [0.3, 0.4) is 0 Å². The SMILES string of the molecule is Cc1ncncc1-c1c(C(=O)O)cnn1C. The largest absolute Gasteiger partial charge is 0.478 e. The van der Waals surface area contributed by atoms with E-state index in [0.717, 1.165) is 5.69 Å². The van der Waals surface area contributed by atoms with Crippen molar-refractivity contribution in [2.75, 3.05) is 0 Å². The molecule has 0 atom stereocenters. The molecule has 2 aromatic rings. The first-order chi connectivity index (χ1) is 7.61. The fourth-order valence-electron chi connectivity index (χ4n) is 1.54. The van der Waals surface area contributed by atoms with Gasteiger partial charge in [0.1, 0.15) is 11.9 Å². The van der Waals surface area contributed by atoms with E-state index in [1.807, 2.05) is 0 Å². The number of carbonyl (C=O) groups is 1. The van der Waals surface area contributed by atoms with Crippen LogP contribution in [0.1, 0.15) is 16.1 Å². The third kappa shape index (κ3) is 1.54. The molecule has 0 radical (unpaired) electrons. The van der Waals surface area contributed by atoms with Crippen molar-refractivity contribution in [2.45, 2.75) is 6.92 Å². The Balaban J connectivity index is 2.68. The van der Waals surface area contributed by atoms with E-state index in [1.54, 1.807) is 20.2 Å². The molecule has 0 saturated heterocycles. The van der Waals surface area contributed by atoms with Gasteiger partial charge in [0.2, 0.25) is 0 Å². The Labute approximate surface area is 91.6 Å². The van der Waals surface area contributed by atoms with Crippen molar-refractivity contribution in [1.82, 2.24) is 19.7 Å². The minimum absolute atomic E-state index is 0.153. The number of carboxylic acid groups (broad SMARTS) is 1. The molecule has 0 amide bonds. The molecule has 16 heavy (non-hydrogen) atoms. The van der Waals surface area contributed by atoms with E-state index in [4.69, 9.17) is 5.11 Å². The predicted octanol–water partition coefficient (Wildman–Crippen LogP) is 0.884. The molecule has 6 nitrogen and oxygen atoms in total. The van der Waals surface area contributed by atoms with E-state index in [9.17, 15) is 4.79 Å². The zero-order chi connectivity index (χ0) is 11.7. The van der Waals surface area contributed by atoms with Crippen LogP contribution in [0.5, 0.6) is 0 Å². The first kappa shape index (κ1) is 10.3. The van der Waals surface area contributed by atoms with Gasteiger partial charge in [0.25, 0.3) is 0 Å². The van der Waals surface area contributed by atoms with Gasteiger partial charge in [0.05, 0.1) is 17.6 Å². The van der Waals surface area contributed by atoms with Gasteiger partial charge < -0.3 is 5.11 Å². The third-order valence-corrected chi connectivity index (χ3v) is 2.34. The number of hydrogen-bond donors (Lipinski definition) is 1. The van der Waals surface area contributed by atoms with Gasteiger partial charge in [-0.3, -0.25) is 4.68 Å². The Morgan fingerprint density at radius 1 is 1.44 bits per heavy atom. The summed E-state index contributed by atoms with van der Waals surface area (Å²) in [4.78, 5) is 19.0. The lowest BCUT2D eigenvalue weighted by molar-refractivity contribution is 0.0697. The van der Waals surface area contributed by atoms with Gasteiger partial charge in [-0.15, -0.1) is 0 Å². The second kappa shape index (κ2) is 3.73. The van der Waals surface area contributed by atoms with E-state index < -0.39 is 5.97 Å². The summed E-state index contributed by atoms with van der Waals surface area (Å²) in [7, 11) is 1.69. The van der Waals surface area contributed by atoms with E-state index in [0.29, 0.717) is 11.3 Å².